The monoisotopic (exact) mass is 350 g/mol. The van der Waals surface area contributed by atoms with Crippen LogP contribution in [0.15, 0.2) is 23.0 Å². The average molecular weight is 350 g/mol. The molecule has 1 heterocycles. The van der Waals surface area contributed by atoms with Crippen LogP contribution in [0.25, 0.3) is 0 Å². The molecule has 2 aromatic rings. The van der Waals surface area contributed by atoms with Crippen molar-refractivity contribution in [3.8, 4) is 0 Å². The van der Waals surface area contributed by atoms with E-state index in [4.69, 9.17) is 0 Å². The third-order valence-electron chi connectivity index (χ3n) is 4.81. The molecule has 1 fully saturated rings. The van der Waals surface area contributed by atoms with Gasteiger partial charge in [0.2, 0.25) is 5.82 Å². The SMILES string of the molecule is Cn1nc(C(=O)NCC(C)(Cc2ccc(F)cc2F)C2CC2)[nH]c1=O. The fraction of sp³-hybridized carbons (Fsp3) is 0.471. The molecule has 0 saturated heterocycles. The van der Waals surface area contributed by atoms with Crippen LogP contribution in [0.2, 0.25) is 0 Å². The number of carbonyl (C=O) groups is 1. The van der Waals surface area contributed by atoms with E-state index >= 15 is 0 Å². The summed E-state index contributed by atoms with van der Waals surface area (Å²) >= 11 is 0. The van der Waals surface area contributed by atoms with Crippen LogP contribution in [0, 0.1) is 23.0 Å². The van der Waals surface area contributed by atoms with E-state index < -0.39 is 23.2 Å². The fourth-order valence-corrected chi connectivity index (χ4v) is 3.10. The van der Waals surface area contributed by atoms with Crippen molar-refractivity contribution in [2.45, 2.75) is 26.2 Å². The van der Waals surface area contributed by atoms with Crippen LogP contribution in [0.4, 0.5) is 8.78 Å². The summed E-state index contributed by atoms with van der Waals surface area (Å²) in [4.78, 5) is 25.9. The van der Waals surface area contributed by atoms with Gasteiger partial charge < -0.3 is 5.32 Å². The predicted molar refractivity (Wildman–Crippen MR) is 87.1 cm³/mol. The van der Waals surface area contributed by atoms with Crippen molar-refractivity contribution in [1.29, 1.82) is 0 Å². The molecule has 1 aliphatic rings. The van der Waals surface area contributed by atoms with Crippen molar-refractivity contribution < 1.29 is 13.6 Å². The lowest BCUT2D eigenvalue weighted by atomic mass is 9.78. The quantitative estimate of drug-likeness (QED) is 0.833. The largest absolute Gasteiger partial charge is 0.349 e. The molecule has 1 atom stereocenters. The van der Waals surface area contributed by atoms with Gasteiger partial charge in [0.05, 0.1) is 0 Å². The van der Waals surface area contributed by atoms with E-state index in [1.807, 2.05) is 6.92 Å². The molecule has 1 aliphatic carbocycles. The number of H-pyrrole nitrogens is 1. The lowest BCUT2D eigenvalue weighted by Crippen LogP contribution is -2.39. The Kier molecular flexibility index (Phi) is 4.45. The first-order valence-corrected chi connectivity index (χ1v) is 8.14. The lowest BCUT2D eigenvalue weighted by Gasteiger charge is -2.30. The normalized spacial score (nSPS) is 16.5. The maximum Gasteiger partial charge on any atom is 0.343 e. The molecule has 8 heteroatoms. The van der Waals surface area contributed by atoms with Crippen LogP contribution >= 0.6 is 0 Å². The fourth-order valence-electron chi connectivity index (χ4n) is 3.10. The highest BCUT2D eigenvalue weighted by Gasteiger charge is 2.42. The highest BCUT2D eigenvalue weighted by Crippen LogP contribution is 2.47. The maximum absolute atomic E-state index is 14.0. The third-order valence-corrected chi connectivity index (χ3v) is 4.81. The zero-order valence-corrected chi connectivity index (χ0v) is 14.1. The number of amides is 1. The van der Waals surface area contributed by atoms with E-state index in [1.165, 1.54) is 19.2 Å². The zero-order chi connectivity index (χ0) is 18.2. The topological polar surface area (TPSA) is 79.8 Å². The molecule has 0 aliphatic heterocycles. The van der Waals surface area contributed by atoms with E-state index in [2.05, 4.69) is 15.4 Å². The Morgan fingerprint density at radius 1 is 1.44 bits per heavy atom. The van der Waals surface area contributed by atoms with Gasteiger partial charge in [0.1, 0.15) is 11.6 Å². The number of aromatic amines is 1. The Labute approximate surface area is 143 Å². The Morgan fingerprint density at radius 2 is 2.16 bits per heavy atom. The van der Waals surface area contributed by atoms with Gasteiger partial charge in [-0.1, -0.05) is 13.0 Å². The van der Waals surface area contributed by atoms with Gasteiger partial charge in [0.25, 0.3) is 5.91 Å². The summed E-state index contributed by atoms with van der Waals surface area (Å²) < 4.78 is 28.1. The number of nitrogens with zero attached hydrogens (tertiary/aromatic N) is 2. The second-order valence-corrected chi connectivity index (χ2v) is 6.93. The number of nitrogens with one attached hydrogen (secondary N) is 2. The Morgan fingerprint density at radius 3 is 2.72 bits per heavy atom. The van der Waals surface area contributed by atoms with Crippen molar-refractivity contribution in [1.82, 2.24) is 20.1 Å². The molecule has 1 aromatic heterocycles. The van der Waals surface area contributed by atoms with Crippen LogP contribution in [0.1, 0.15) is 35.9 Å². The smallest absolute Gasteiger partial charge is 0.343 e. The number of carbonyl (C=O) groups excluding carboxylic acids is 1. The van der Waals surface area contributed by atoms with Gasteiger partial charge in [-0.15, -0.1) is 5.10 Å². The van der Waals surface area contributed by atoms with Crippen LogP contribution in [0.5, 0.6) is 0 Å². The first-order valence-electron chi connectivity index (χ1n) is 8.14. The van der Waals surface area contributed by atoms with Crippen molar-refractivity contribution in [2.75, 3.05) is 6.54 Å². The molecule has 3 rings (SSSR count). The first-order chi connectivity index (χ1) is 11.8. The highest BCUT2D eigenvalue weighted by atomic mass is 19.1. The number of rotatable bonds is 6. The van der Waals surface area contributed by atoms with Crippen molar-refractivity contribution in [2.24, 2.45) is 18.4 Å². The predicted octanol–water partition coefficient (Wildman–Crippen LogP) is 1.78. The van der Waals surface area contributed by atoms with Gasteiger partial charge in [-0.05, 0) is 42.2 Å². The Bertz CT molecular complexity index is 857. The van der Waals surface area contributed by atoms with Gasteiger partial charge in [0, 0.05) is 19.7 Å². The molecule has 1 amide bonds. The molecule has 0 bridgehead atoms. The zero-order valence-electron chi connectivity index (χ0n) is 14.1. The molecule has 25 heavy (non-hydrogen) atoms. The second-order valence-electron chi connectivity index (χ2n) is 6.93. The molecular formula is C17H20F2N4O2. The van der Waals surface area contributed by atoms with Gasteiger partial charge >= 0.3 is 5.69 Å². The van der Waals surface area contributed by atoms with E-state index in [0.29, 0.717) is 24.4 Å². The molecule has 2 N–H and O–H groups in total. The summed E-state index contributed by atoms with van der Waals surface area (Å²) in [7, 11) is 1.45. The number of aryl methyl sites for hydroxylation is 1. The summed E-state index contributed by atoms with van der Waals surface area (Å²) in [6, 6.07) is 3.56. The second kappa shape index (κ2) is 6.42. The number of halogens is 2. The maximum atomic E-state index is 14.0. The Balaban J connectivity index is 1.72. The van der Waals surface area contributed by atoms with Crippen LogP contribution < -0.4 is 11.0 Å². The molecule has 1 unspecified atom stereocenters. The van der Waals surface area contributed by atoms with Crippen LogP contribution in [-0.4, -0.2) is 27.2 Å². The number of benzene rings is 1. The van der Waals surface area contributed by atoms with Gasteiger partial charge in [-0.3, -0.25) is 9.78 Å². The summed E-state index contributed by atoms with van der Waals surface area (Å²) in [6.45, 7) is 2.29. The summed E-state index contributed by atoms with van der Waals surface area (Å²) in [5.74, 6) is -1.36. The van der Waals surface area contributed by atoms with Gasteiger partial charge in [-0.25, -0.2) is 18.3 Å². The lowest BCUT2D eigenvalue weighted by molar-refractivity contribution is 0.0915. The molecule has 0 spiro atoms. The number of aromatic nitrogens is 3. The highest BCUT2D eigenvalue weighted by molar-refractivity contribution is 5.90. The summed E-state index contributed by atoms with van der Waals surface area (Å²) in [5.41, 5.74) is -0.400. The minimum absolute atomic E-state index is 0.0568. The van der Waals surface area contributed by atoms with Gasteiger partial charge in [-0.2, -0.15) is 0 Å². The minimum Gasteiger partial charge on any atom is -0.349 e. The van der Waals surface area contributed by atoms with E-state index in [1.54, 1.807) is 0 Å². The molecule has 1 aromatic carbocycles. The third kappa shape index (κ3) is 3.78. The van der Waals surface area contributed by atoms with Crippen LogP contribution in [0.3, 0.4) is 0 Å². The average Bonchev–Trinajstić information content (AvgIpc) is 3.35. The molecule has 1 saturated carbocycles. The Hall–Kier alpha value is -2.51. The molecule has 6 nitrogen and oxygen atoms in total. The minimum atomic E-state index is -0.609. The number of hydrogen-bond acceptors (Lipinski definition) is 3. The van der Waals surface area contributed by atoms with Crippen molar-refractivity contribution in [3.05, 3.63) is 51.7 Å². The van der Waals surface area contributed by atoms with Crippen molar-refractivity contribution >= 4 is 5.91 Å². The molecule has 0 radical (unpaired) electrons. The molecule has 134 valence electrons. The standard InChI is InChI=1S/C17H20F2N4O2/c1-17(11-4-5-11,8-10-3-6-12(18)7-13(10)19)9-20-15(24)14-21-16(25)23(2)22-14/h3,6-7,11H,4-5,8-9H2,1-2H3,(H,20,24)(H,21,22,25). The number of hydrogen-bond donors (Lipinski definition) is 2. The molecular weight excluding hydrogens is 330 g/mol. The summed E-state index contributed by atoms with van der Waals surface area (Å²) in [5, 5.41) is 6.59. The van der Waals surface area contributed by atoms with E-state index in [-0.39, 0.29) is 11.2 Å². The van der Waals surface area contributed by atoms with Gasteiger partial charge in [0.15, 0.2) is 0 Å². The van der Waals surface area contributed by atoms with Crippen LogP contribution in [-0.2, 0) is 13.5 Å². The summed E-state index contributed by atoms with van der Waals surface area (Å²) in [6.07, 6.45) is 2.41. The van der Waals surface area contributed by atoms with Crippen molar-refractivity contribution in [3.63, 3.8) is 0 Å². The first kappa shape index (κ1) is 17.3. The van der Waals surface area contributed by atoms with E-state index in [9.17, 15) is 18.4 Å². The van der Waals surface area contributed by atoms with E-state index in [0.717, 1.165) is 23.6 Å².